The number of piperidine rings is 1. The summed E-state index contributed by atoms with van der Waals surface area (Å²) >= 11 is 0. The number of pyridine rings is 1. The molecule has 4 heterocycles. The lowest BCUT2D eigenvalue weighted by molar-refractivity contribution is 0.0494. The van der Waals surface area contributed by atoms with E-state index in [-0.39, 0.29) is 11.6 Å². The first-order valence-electron chi connectivity index (χ1n) is 10.3. The van der Waals surface area contributed by atoms with Crippen LogP contribution in [0.2, 0.25) is 0 Å². The van der Waals surface area contributed by atoms with Crippen LogP contribution >= 0.6 is 0 Å². The Kier molecular flexibility index (Phi) is 5.38. The Morgan fingerprint density at radius 1 is 1.18 bits per heavy atom. The van der Waals surface area contributed by atoms with Crippen molar-refractivity contribution in [2.24, 2.45) is 5.92 Å². The first kappa shape index (κ1) is 19.3. The number of likely N-dealkylation sites (N-methyl/N-ethyl adjacent to an activating group) is 1. The summed E-state index contributed by atoms with van der Waals surface area (Å²) in [6, 6.07) is 4.14. The number of nitrogens with zero attached hydrogens (tertiary/aromatic N) is 5. The highest BCUT2D eigenvalue weighted by Gasteiger charge is 2.32. The van der Waals surface area contributed by atoms with E-state index >= 15 is 0 Å². The number of imidazole rings is 1. The van der Waals surface area contributed by atoms with Crippen molar-refractivity contribution in [2.45, 2.75) is 32.7 Å². The molecule has 2 aromatic heterocycles. The van der Waals surface area contributed by atoms with Crippen molar-refractivity contribution in [3.8, 4) is 0 Å². The number of halogens is 1. The molecule has 0 spiro atoms. The maximum atomic E-state index is 14.7. The Bertz CT molecular complexity index is 850. The van der Waals surface area contributed by atoms with Crippen molar-refractivity contribution in [1.29, 1.82) is 0 Å². The second kappa shape index (κ2) is 7.79. The van der Waals surface area contributed by atoms with Crippen LogP contribution in [-0.2, 0) is 0 Å². The molecule has 1 atom stereocenters. The minimum absolute atomic E-state index is 0.0591. The maximum absolute atomic E-state index is 14.7. The summed E-state index contributed by atoms with van der Waals surface area (Å²) < 4.78 is 16.0. The average molecular weight is 388 g/mol. The summed E-state index contributed by atoms with van der Waals surface area (Å²) in [7, 11) is 2.17. The van der Waals surface area contributed by atoms with Gasteiger partial charge in [-0.05, 0) is 57.4 Å². The molecule has 0 N–H and O–H groups in total. The van der Waals surface area contributed by atoms with Gasteiger partial charge in [0.1, 0.15) is 5.65 Å². The van der Waals surface area contributed by atoms with Gasteiger partial charge in [0.15, 0.2) is 5.69 Å². The molecule has 2 aliphatic rings. The number of amides is 1. The molecule has 0 aliphatic carbocycles. The number of hydrogen-bond donors (Lipinski definition) is 0. The Morgan fingerprint density at radius 2 is 1.86 bits per heavy atom. The first-order valence-corrected chi connectivity index (χ1v) is 10.3. The van der Waals surface area contributed by atoms with Crippen molar-refractivity contribution in [1.82, 2.24) is 24.1 Å². The molecule has 2 saturated heterocycles. The maximum Gasteiger partial charge on any atom is 0.277 e. The van der Waals surface area contributed by atoms with Gasteiger partial charge in [-0.15, -0.1) is 0 Å². The van der Waals surface area contributed by atoms with Crippen LogP contribution in [0.1, 0.15) is 35.8 Å². The van der Waals surface area contributed by atoms with E-state index in [0.29, 0.717) is 30.7 Å². The fourth-order valence-corrected chi connectivity index (χ4v) is 4.51. The van der Waals surface area contributed by atoms with Gasteiger partial charge in [-0.25, -0.2) is 4.98 Å². The minimum atomic E-state index is -0.562. The molecule has 6 nitrogen and oxygen atoms in total. The molecular weight excluding hydrogens is 357 g/mol. The third-order valence-corrected chi connectivity index (χ3v) is 6.55. The number of carbonyl (C=O) groups excluding carboxylic acids is 1. The number of hydrogen-bond acceptors (Lipinski definition) is 4. The van der Waals surface area contributed by atoms with Gasteiger partial charge in [0, 0.05) is 51.5 Å². The number of carbonyl (C=O) groups is 1. The summed E-state index contributed by atoms with van der Waals surface area (Å²) in [5.74, 6) is -0.265. The number of likely N-dealkylation sites (tertiary alicyclic amines) is 1. The summed E-state index contributed by atoms with van der Waals surface area (Å²) in [6.45, 7) is 10.1. The lowest BCUT2D eigenvalue weighted by Crippen LogP contribution is -2.52. The SMILES string of the molecule is Cc1ccn2c(F)c(C(=O)N3CCC(C(C)N4CCN(C)CC4)CC3)nc2c1. The van der Waals surface area contributed by atoms with Gasteiger partial charge in [0.2, 0.25) is 5.95 Å². The Balaban J connectivity index is 1.40. The smallest absolute Gasteiger partial charge is 0.277 e. The highest BCUT2D eigenvalue weighted by Crippen LogP contribution is 2.26. The third kappa shape index (κ3) is 3.65. The molecule has 0 saturated carbocycles. The van der Waals surface area contributed by atoms with Crippen LogP contribution < -0.4 is 0 Å². The van der Waals surface area contributed by atoms with E-state index in [4.69, 9.17) is 0 Å². The van der Waals surface area contributed by atoms with E-state index in [9.17, 15) is 9.18 Å². The second-order valence-electron chi connectivity index (χ2n) is 8.39. The van der Waals surface area contributed by atoms with E-state index in [0.717, 1.165) is 44.6 Å². The molecule has 0 bridgehead atoms. The molecule has 2 fully saturated rings. The van der Waals surface area contributed by atoms with Gasteiger partial charge >= 0.3 is 0 Å². The van der Waals surface area contributed by atoms with Gasteiger partial charge in [-0.3, -0.25) is 14.1 Å². The molecule has 0 radical (unpaired) electrons. The van der Waals surface area contributed by atoms with Crippen molar-refractivity contribution >= 4 is 11.6 Å². The molecule has 152 valence electrons. The van der Waals surface area contributed by atoms with E-state index in [2.05, 4.69) is 28.8 Å². The lowest BCUT2D eigenvalue weighted by Gasteiger charge is -2.42. The standard InChI is InChI=1S/C21H30FN5O/c1-15-4-9-27-18(14-15)23-19(20(27)22)21(28)26-7-5-17(6-8-26)16(2)25-12-10-24(3)11-13-25/h4,9,14,16-17H,5-8,10-13H2,1-3H3. The first-order chi connectivity index (χ1) is 13.4. The van der Waals surface area contributed by atoms with Crippen LogP contribution in [0.5, 0.6) is 0 Å². The molecule has 1 unspecified atom stereocenters. The fourth-order valence-electron chi connectivity index (χ4n) is 4.51. The van der Waals surface area contributed by atoms with E-state index < -0.39 is 5.95 Å². The van der Waals surface area contributed by atoms with Crippen molar-refractivity contribution < 1.29 is 9.18 Å². The molecule has 2 aliphatic heterocycles. The zero-order valence-electron chi connectivity index (χ0n) is 17.1. The highest BCUT2D eigenvalue weighted by atomic mass is 19.1. The predicted molar refractivity (Wildman–Crippen MR) is 107 cm³/mol. The molecular formula is C21H30FN5O. The summed E-state index contributed by atoms with van der Waals surface area (Å²) in [5, 5.41) is 0. The minimum Gasteiger partial charge on any atom is -0.337 e. The van der Waals surface area contributed by atoms with Crippen LogP contribution in [0, 0.1) is 18.8 Å². The number of fused-ring (bicyclic) bond motifs is 1. The summed E-state index contributed by atoms with van der Waals surface area (Å²) in [4.78, 5) is 23.9. The van der Waals surface area contributed by atoms with Gasteiger partial charge in [-0.2, -0.15) is 4.39 Å². The Labute approximate surface area is 165 Å². The molecule has 7 heteroatoms. The summed E-state index contributed by atoms with van der Waals surface area (Å²) in [6.07, 6.45) is 3.56. The zero-order chi connectivity index (χ0) is 19.8. The van der Waals surface area contributed by atoms with Gasteiger partial charge < -0.3 is 9.80 Å². The van der Waals surface area contributed by atoms with Gasteiger partial charge in [0.05, 0.1) is 0 Å². The quantitative estimate of drug-likeness (QED) is 0.811. The number of piperazine rings is 1. The second-order valence-corrected chi connectivity index (χ2v) is 8.39. The zero-order valence-corrected chi connectivity index (χ0v) is 17.1. The fraction of sp³-hybridized carbons (Fsp3) is 0.619. The van der Waals surface area contributed by atoms with Gasteiger partial charge in [0.25, 0.3) is 5.91 Å². The van der Waals surface area contributed by atoms with Crippen molar-refractivity contribution in [3.63, 3.8) is 0 Å². The molecule has 0 aromatic carbocycles. The Morgan fingerprint density at radius 3 is 2.54 bits per heavy atom. The van der Waals surface area contributed by atoms with Crippen LogP contribution in [-0.4, -0.2) is 82.3 Å². The normalized spacial score (nSPS) is 21.4. The van der Waals surface area contributed by atoms with E-state index in [1.807, 2.05) is 13.0 Å². The predicted octanol–water partition coefficient (Wildman–Crippen LogP) is 2.27. The molecule has 1 amide bonds. The number of aromatic nitrogens is 2. The van der Waals surface area contributed by atoms with Crippen molar-refractivity contribution in [2.75, 3.05) is 46.3 Å². The molecule has 4 rings (SSSR count). The topological polar surface area (TPSA) is 44.1 Å². The van der Waals surface area contributed by atoms with Crippen LogP contribution in [0.4, 0.5) is 4.39 Å². The Hall–Kier alpha value is -1.99. The number of rotatable bonds is 3. The van der Waals surface area contributed by atoms with E-state index in [1.54, 1.807) is 17.2 Å². The van der Waals surface area contributed by atoms with E-state index in [1.165, 1.54) is 4.40 Å². The van der Waals surface area contributed by atoms with Gasteiger partial charge in [-0.1, -0.05) is 0 Å². The molecule has 28 heavy (non-hydrogen) atoms. The van der Waals surface area contributed by atoms with Crippen LogP contribution in [0.3, 0.4) is 0 Å². The largest absolute Gasteiger partial charge is 0.337 e. The lowest BCUT2D eigenvalue weighted by atomic mass is 9.89. The monoisotopic (exact) mass is 387 g/mol. The van der Waals surface area contributed by atoms with Crippen molar-refractivity contribution in [3.05, 3.63) is 35.5 Å². The highest BCUT2D eigenvalue weighted by molar-refractivity contribution is 5.93. The van der Waals surface area contributed by atoms with Crippen LogP contribution in [0.15, 0.2) is 18.3 Å². The molecule has 2 aromatic rings. The average Bonchev–Trinajstić information content (AvgIpc) is 3.03. The third-order valence-electron chi connectivity index (χ3n) is 6.55. The van der Waals surface area contributed by atoms with Crippen LogP contribution in [0.25, 0.3) is 5.65 Å². The number of aryl methyl sites for hydroxylation is 1. The summed E-state index contributed by atoms with van der Waals surface area (Å²) in [5.41, 5.74) is 1.42.